The van der Waals surface area contributed by atoms with Crippen LogP contribution >= 0.6 is 11.3 Å². The Morgan fingerprint density at radius 3 is 2.35 bits per heavy atom. The maximum atomic E-state index is 12.5. The Labute approximate surface area is 189 Å². The molecular formula is C24H33N3O3S. The summed E-state index contributed by atoms with van der Waals surface area (Å²) in [5.74, 6) is 0.958. The van der Waals surface area contributed by atoms with E-state index in [0.717, 1.165) is 44.2 Å². The molecule has 6 nitrogen and oxygen atoms in total. The highest BCUT2D eigenvalue weighted by molar-refractivity contribution is 7.09. The first kappa shape index (κ1) is 23.4. The van der Waals surface area contributed by atoms with Gasteiger partial charge < -0.3 is 9.64 Å². The summed E-state index contributed by atoms with van der Waals surface area (Å²) in [6.45, 7) is 12.8. The predicted octanol–water partition coefficient (Wildman–Crippen LogP) is 4.15. The van der Waals surface area contributed by atoms with Crippen LogP contribution in [-0.4, -0.2) is 59.3 Å². The minimum absolute atomic E-state index is 0.0403. The summed E-state index contributed by atoms with van der Waals surface area (Å²) in [6.07, 6.45) is 1.18. The van der Waals surface area contributed by atoms with Crippen molar-refractivity contribution in [1.82, 2.24) is 14.8 Å². The van der Waals surface area contributed by atoms with Crippen LogP contribution in [0.5, 0.6) is 5.75 Å². The Morgan fingerprint density at radius 2 is 1.77 bits per heavy atom. The molecule has 0 atom stereocenters. The molecule has 7 heteroatoms. The Balaban J connectivity index is 1.34. The fourth-order valence-corrected chi connectivity index (χ4v) is 4.36. The number of rotatable bonds is 8. The van der Waals surface area contributed by atoms with E-state index in [1.54, 1.807) is 42.5 Å². The van der Waals surface area contributed by atoms with Crippen molar-refractivity contribution in [2.45, 2.75) is 52.5 Å². The van der Waals surface area contributed by atoms with E-state index >= 15 is 0 Å². The number of ketones is 1. The first-order valence-electron chi connectivity index (χ1n) is 10.9. The van der Waals surface area contributed by atoms with Crippen molar-refractivity contribution in [2.75, 3.05) is 32.8 Å². The van der Waals surface area contributed by atoms with Gasteiger partial charge in [-0.2, -0.15) is 0 Å². The lowest BCUT2D eigenvalue weighted by Gasteiger charge is -2.34. The van der Waals surface area contributed by atoms with Gasteiger partial charge in [-0.1, -0.05) is 20.8 Å². The Kier molecular flexibility index (Phi) is 7.84. The monoisotopic (exact) mass is 443 g/mol. The lowest BCUT2D eigenvalue weighted by atomic mass is 9.98. The largest absolute Gasteiger partial charge is 0.494 e. The van der Waals surface area contributed by atoms with Gasteiger partial charge in [0.1, 0.15) is 5.75 Å². The third-order valence-corrected chi connectivity index (χ3v) is 6.69. The van der Waals surface area contributed by atoms with Gasteiger partial charge in [0.05, 0.1) is 17.3 Å². The third kappa shape index (κ3) is 6.87. The second kappa shape index (κ2) is 10.4. The van der Waals surface area contributed by atoms with Crippen LogP contribution in [0, 0.1) is 0 Å². The van der Waals surface area contributed by atoms with Crippen molar-refractivity contribution in [3.63, 3.8) is 0 Å². The second-order valence-electron chi connectivity index (χ2n) is 9.08. The van der Waals surface area contributed by atoms with Gasteiger partial charge in [0.2, 0.25) is 5.91 Å². The van der Waals surface area contributed by atoms with Gasteiger partial charge in [-0.15, -0.1) is 11.3 Å². The number of aromatic nitrogens is 1. The molecule has 0 N–H and O–H groups in total. The topological polar surface area (TPSA) is 62.7 Å². The molecule has 0 radical (unpaired) electrons. The van der Waals surface area contributed by atoms with E-state index in [9.17, 15) is 9.59 Å². The van der Waals surface area contributed by atoms with E-state index in [4.69, 9.17) is 9.72 Å². The average molecular weight is 444 g/mol. The lowest BCUT2D eigenvalue weighted by molar-refractivity contribution is -0.133. The van der Waals surface area contributed by atoms with E-state index in [1.807, 2.05) is 4.90 Å². The zero-order valence-electron chi connectivity index (χ0n) is 19.0. The number of carbonyl (C=O) groups is 2. The van der Waals surface area contributed by atoms with Crippen LogP contribution in [0.4, 0.5) is 0 Å². The van der Waals surface area contributed by atoms with Crippen molar-refractivity contribution >= 4 is 23.0 Å². The van der Waals surface area contributed by atoms with Gasteiger partial charge in [-0.3, -0.25) is 14.5 Å². The molecule has 0 unspecified atom stereocenters. The molecule has 1 aromatic heterocycles. The number of nitrogens with zero attached hydrogens (tertiary/aromatic N) is 3. The van der Waals surface area contributed by atoms with E-state index in [-0.39, 0.29) is 17.1 Å². The molecule has 31 heavy (non-hydrogen) atoms. The number of ether oxygens (including phenoxy) is 1. The highest BCUT2D eigenvalue weighted by Gasteiger charge is 2.23. The number of carbonyl (C=O) groups excluding carboxylic acids is 2. The fourth-order valence-electron chi connectivity index (χ4n) is 3.47. The molecule has 1 aromatic carbocycles. The van der Waals surface area contributed by atoms with Crippen molar-refractivity contribution in [1.29, 1.82) is 0 Å². The third-order valence-electron chi connectivity index (χ3n) is 5.37. The number of hydrogen-bond donors (Lipinski definition) is 0. The first-order chi connectivity index (χ1) is 14.7. The van der Waals surface area contributed by atoms with E-state index in [0.29, 0.717) is 25.0 Å². The van der Waals surface area contributed by atoms with Gasteiger partial charge >= 0.3 is 0 Å². The normalized spacial score (nSPS) is 15.2. The summed E-state index contributed by atoms with van der Waals surface area (Å²) in [5, 5.41) is 3.33. The molecule has 1 amide bonds. The average Bonchev–Trinajstić information content (AvgIpc) is 3.21. The minimum atomic E-state index is 0.0403. The van der Waals surface area contributed by atoms with Crippen LogP contribution in [0.2, 0.25) is 0 Å². The number of hydrogen-bond acceptors (Lipinski definition) is 6. The quantitative estimate of drug-likeness (QED) is 0.453. The molecule has 0 aliphatic carbocycles. The summed E-state index contributed by atoms with van der Waals surface area (Å²) in [6, 6.07) is 7.12. The molecule has 0 saturated carbocycles. The summed E-state index contributed by atoms with van der Waals surface area (Å²) in [5.41, 5.74) is 1.89. The fraction of sp³-hybridized carbons (Fsp3) is 0.542. The Hall–Kier alpha value is -2.25. The van der Waals surface area contributed by atoms with Crippen molar-refractivity contribution in [3.8, 4) is 5.75 Å². The number of piperazine rings is 1. The number of benzene rings is 1. The minimum Gasteiger partial charge on any atom is -0.494 e. The van der Waals surface area contributed by atoms with Gasteiger partial charge in [0.25, 0.3) is 0 Å². The van der Waals surface area contributed by atoms with E-state index in [1.165, 1.54) is 5.01 Å². The summed E-state index contributed by atoms with van der Waals surface area (Å²) < 4.78 is 5.69. The van der Waals surface area contributed by atoms with Crippen LogP contribution in [0.3, 0.4) is 0 Å². The zero-order chi connectivity index (χ0) is 22.4. The SMILES string of the molecule is CC(=O)c1ccc(OCCCC(=O)N2CCN(Cc3csc(C(C)(C)C)n3)CC2)cc1. The molecule has 1 saturated heterocycles. The smallest absolute Gasteiger partial charge is 0.222 e. The van der Waals surface area contributed by atoms with Crippen molar-refractivity contribution in [3.05, 3.63) is 45.9 Å². The standard InChI is InChI=1S/C24H33N3O3S/c1-18(28)19-7-9-21(10-8-19)30-15-5-6-22(29)27-13-11-26(12-14-27)16-20-17-31-23(25-20)24(2,3)4/h7-10,17H,5-6,11-16H2,1-4H3. The molecule has 2 aromatic rings. The first-order valence-corrected chi connectivity index (χ1v) is 11.8. The van der Waals surface area contributed by atoms with Gasteiger partial charge in [0, 0.05) is 55.5 Å². The van der Waals surface area contributed by atoms with Crippen LogP contribution in [0.15, 0.2) is 29.6 Å². The summed E-state index contributed by atoms with van der Waals surface area (Å²) in [7, 11) is 0. The van der Waals surface area contributed by atoms with Crippen LogP contribution in [0.1, 0.15) is 61.6 Å². The van der Waals surface area contributed by atoms with E-state index in [2.05, 4.69) is 31.1 Å². The molecule has 1 aliphatic heterocycles. The lowest BCUT2D eigenvalue weighted by Crippen LogP contribution is -2.48. The number of Topliss-reactive ketones (excluding diaryl/α,β-unsaturated/α-hetero) is 1. The second-order valence-corrected chi connectivity index (χ2v) is 9.94. The maximum Gasteiger partial charge on any atom is 0.222 e. The van der Waals surface area contributed by atoms with Gasteiger partial charge in [-0.05, 0) is 37.6 Å². The van der Waals surface area contributed by atoms with Crippen LogP contribution < -0.4 is 4.74 Å². The predicted molar refractivity (Wildman–Crippen MR) is 124 cm³/mol. The van der Waals surface area contributed by atoms with Crippen LogP contribution in [0.25, 0.3) is 0 Å². The van der Waals surface area contributed by atoms with Crippen LogP contribution in [-0.2, 0) is 16.8 Å². The molecule has 0 spiro atoms. The molecule has 1 fully saturated rings. The maximum absolute atomic E-state index is 12.5. The molecule has 168 valence electrons. The number of amides is 1. The highest BCUT2D eigenvalue weighted by atomic mass is 32.1. The Bertz CT molecular complexity index is 878. The Morgan fingerprint density at radius 1 is 1.10 bits per heavy atom. The summed E-state index contributed by atoms with van der Waals surface area (Å²) in [4.78, 5) is 32.9. The molecule has 2 heterocycles. The van der Waals surface area contributed by atoms with Crippen molar-refractivity contribution < 1.29 is 14.3 Å². The van der Waals surface area contributed by atoms with Gasteiger partial charge in [0.15, 0.2) is 5.78 Å². The molecular weight excluding hydrogens is 410 g/mol. The van der Waals surface area contributed by atoms with Gasteiger partial charge in [-0.25, -0.2) is 4.98 Å². The van der Waals surface area contributed by atoms with E-state index < -0.39 is 0 Å². The summed E-state index contributed by atoms with van der Waals surface area (Å²) >= 11 is 1.73. The highest BCUT2D eigenvalue weighted by Crippen LogP contribution is 2.26. The molecule has 1 aliphatic rings. The van der Waals surface area contributed by atoms with Crippen molar-refractivity contribution in [2.24, 2.45) is 0 Å². The zero-order valence-corrected chi connectivity index (χ0v) is 19.8. The molecule has 0 bridgehead atoms. The number of thiazole rings is 1. The molecule has 3 rings (SSSR count).